The maximum atomic E-state index is 6.37. The number of rotatable bonds is 0. The summed E-state index contributed by atoms with van der Waals surface area (Å²) in [6, 6.07) is 0. The van der Waals surface area contributed by atoms with E-state index in [4.69, 9.17) is 9.47 Å². The Labute approximate surface area is 167 Å². The van der Waals surface area contributed by atoms with Crippen molar-refractivity contribution < 1.29 is 9.47 Å². The smallest absolute Gasteiger partial charge is 0.171 e. The fraction of sp³-hybridized carbons (Fsp3) is 0.920. The first-order chi connectivity index (χ1) is 13.0. The molecule has 0 radical (unpaired) electrons. The average molecular weight is 375 g/mol. The lowest BCUT2D eigenvalue weighted by atomic mass is 9.45. The normalized spacial score (nSPS) is 47.8. The highest BCUT2D eigenvalue weighted by Crippen LogP contribution is 2.67. The number of hydrogen-bond donors (Lipinski definition) is 0. The fourth-order valence-electron chi connectivity index (χ4n) is 8.19. The van der Waals surface area contributed by atoms with Crippen molar-refractivity contribution in [3.05, 3.63) is 11.6 Å². The molecule has 5 rings (SSSR count). The summed E-state index contributed by atoms with van der Waals surface area (Å²) in [7, 11) is 0. The molecule has 1 spiro atoms. The highest BCUT2D eigenvalue weighted by Gasteiger charge is 2.62. The van der Waals surface area contributed by atoms with Gasteiger partial charge in [-0.1, -0.05) is 45.8 Å². The van der Waals surface area contributed by atoms with Gasteiger partial charge in [-0.3, -0.25) is 0 Å². The quantitative estimate of drug-likeness (QED) is 0.437. The predicted molar refractivity (Wildman–Crippen MR) is 111 cm³/mol. The molecule has 4 fully saturated rings. The van der Waals surface area contributed by atoms with Crippen LogP contribution in [0, 0.1) is 34.5 Å². The van der Waals surface area contributed by atoms with Crippen molar-refractivity contribution in [2.24, 2.45) is 34.5 Å². The molecule has 3 saturated carbocycles. The molecule has 0 bridgehead atoms. The monoisotopic (exact) mass is 374 g/mol. The van der Waals surface area contributed by atoms with Gasteiger partial charge in [0.05, 0.1) is 13.2 Å². The van der Waals surface area contributed by atoms with Gasteiger partial charge in [0.25, 0.3) is 0 Å². The van der Waals surface area contributed by atoms with Gasteiger partial charge in [0, 0.05) is 12.3 Å². The average Bonchev–Trinajstić information content (AvgIpc) is 3.22. The molecule has 6 atom stereocenters. The summed E-state index contributed by atoms with van der Waals surface area (Å²) in [6.07, 6.45) is 14.6. The first kappa shape index (κ1) is 20.0. The molecule has 0 N–H and O–H groups in total. The van der Waals surface area contributed by atoms with Gasteiger partial charge in [-0.15, -0.1) is 0 Å². The molecule has 0 aromatic carbocycles. The van der Waals surface area contributed by atoms with Crippen molar-refractivity contribution in [3.8, 4) is 0 Å². The van der Waals surface area contributed by atoms with E-state index in [1.165, 1.54) is 51.4 Å². The van der Waals surface area contributed by atoms with Gasteiger partial charge in [-0.25, -0.2) is 0 Å². The van der Waals surface area contributed by atoms with E-state index in [1.807, 2.05) is 13.8 Å². The Kier molecular flexibility index (Phi) is 5.30. The van der Waals surface area contributed by atoms with Crippen molar-refractivity contribution in [3.63, 3.8) is 0 Å². The van der Waals surface area contributed by atoms with Gasteiger partial charge in [0.2, 0.25) is 0 Å². The molecular weight excluding hydrogens is 332 g/mol. The Morgan fingerprint density at radius 3 is 2.33 bits per heavy atom. The van der Waals surface area contributed by atoms with Crippen molar-refractivity contribution >= 4 is 0 Å². The second kappa shape index (κ2) is 7.17. The zero-order chi connectivity index (χ0) is 19.3. The van der Waals surface area contributed by atoms with E-state index in [2.05, 4.69) is 26.8 Å². The van der Waals surface area contributed by atoms with E-state index in [1.54, 1.807) is 5.57 Å². The third-order valence-electron chi connectivity index (χ3n) is 9.64. The van der Waals surface area contributed by atoms with Gasteiger partial charge < -0.3 is 9.47 Å². The molecule has 6 unspecified atom stereocenters. The molecule has 0 aromatic rings. The van der Waals surface area contributed by atoms with Crippen LogP contribution in [0.3, 0.4) is 0 Å². The van der Waals surface area contributed by atoms with Gasteiger partial charge >= 0.3 is 0 Å². The Hall–Kier alpha value is -0.340. The second-order valence-corrected chi connectivity index (χ2v) is 10.3. The minimum Gasteiger partial charge on any atom is -0.347 e. The number of ether oxygens (including phenoxy) is 2. The van der Waals surface area contributed by atoms with E-state index in [-0.39, 0.29) is 5.79 Å². The van der Waals surface area contributed by atoms with Gasteiger partial charge in [0.1, 0.15) is 0 Å². The lowest BCUT2D eigenvalue weighted by Crippen LogP contribution is -2.57. The maximum absolute atomic E-state index is 6.37. The number of allylic oxidation sites excluding steroid dienone is 2. The van der Waals surface area contributed by atoms with Crippen LogP contribution in [0.25, 0.3) is 0 Å². The van der Waals surface area contributed by atoms with Crippen LogP contribution in [-0.4, -0.2) is 19.0 Å². The Morgan fingerprint density at radius 1 is 0.889 bits per heavy atom. The molecule has 0 aromatic heterocycles. The highest BCUT2D eigenvalue weighted by atomic mass is 16.7. The maximum Gasteiger partial charge on any atom is 0.171 e. The molecule has 2 nitrogen and oxygen atoms in total. The zero-order valence-corrected chi connectivity index (χ0v) is 18.5. The van der Waals surface area contributed by atoms with Gasteiger partial charge in [-0.05, 0) is 80.5 Å². The number of fused-ring (bicyclic) bond motifs is 6. The topological polar surface area (TPSA) is 18.5 Å². The van der Waals surface area contributed by atoms with Crippen LogP contribution in [0.15, 0.2) is 11.6 Å². The molecule has 154 valence electrons. The summed E-state index contributed by atoms with van der Waals surface area (Å²) in [5.74, 6) is 3.08. The summed E-state index contributed by atoms with van der Waals surface area (Å²) in [4.78, 5) is 0. The summed E-state index contributed by atoms with van der Waals surface area (Å²) in [5, 5.41) is 0. The fourth-order valence-corrected chi connectivity index (χ4v) is 8.19. The van der Waals surface area contributed by atoms with E-state index in [0.29, 0.717) is 16.7 Å². The summed E-state index contributed by atoms with van der Waals surface area (Å²) in [5.41, 5.74) is 2.59. The van der Waals surface area contributed by atoms with Crippen molar-refractivity contribution in [1.82, 2.24) is 0 Å². The van der Waals surface area contributed by atoms with Crippen molar-refractivity contribution in [2.75, 3.05) is 13.2 Å². The molecule has 5 aliphatic rings. The van der Waals surface area contributed by atoms with Crippen molar-refractivity contribution in [2.45, 2.75) is 98.2 Å². The third-order valence-corrected chi connectivity index (χ3v) is 9.64. The summed E-state index contributed by atoms with van der Waals surface area (Å²) in [6.45, 7) is 13.2. The van der Waals surface area contributed by atoms with Crippen LogP contribution in [0.1, 0.15) is 92.4 Å². The van der Waals surface area contributed by atoms with Crippen molar-refractivity contribution in [1.29, 1.82) is 0 Å². The van der Waals surface area contributed by atoms with Gasteiger partial charge in [-0.2, -0.15) is 0 Å². The second-order valence-electron chi connectivity index (χ2n) is 10.3. The standard InChI is InChI=1S/C23H36O2.C2H6/c1-16-6-8-18-17-7-9-20-22(3,19(17)10-13-21(16,18)2)11-4-5-12-23(20)24-14-15-25-23;1-2/h6,17-20H,4-5,7-15H2,1-3H3;1-2H3. The lowest BCUT2D eigenvalue weighted by molar-refractivity contribution is -0.248. The third kappa shape index (κ3) is 2.80. The van der Waals surface area contributed by atoms with Crippen LogP contribution in [0.2, 0.25) is 0 Å². The molecular formula is C25H42O2. The molecule has 0 amide bonds. The largest absolute Gasteiger partial charge is 0.347 e. The first-order valence-corrected chi connectivity index (χ1v) is 11.9. The van der Waals surface area contributed by atoms with Crippen LogP contribution >= 0.6 is 0 Å². The Morgan fingerprint density at radius 2 is 1.59 bits per heavy atom. The first-order valence-electron chi connectivity index (χ1n) is 11.9. The van der Waals surface area contributed by atoms with E-state index >= 15 is 0 Å². The molecule has 1 heterocycles. The molecule has 27 heavy (non-hydrogen) atoms. The van der Waals surface area contributed by atoms with E-state index < -0.39 is 0 Å². The van der Waals surface area contributed by atoms with Crippen LogP contribution < -0.4 is 0 Å². The SMILES string of the molecule is CC.CC1=CCC2C3CCC4C5(CCCCC4(C)C3CCC12C)OCCO5. The zero-order valence-electron chi connectivity index (χ0n) is 18.5. The molecule has 1 saturated heterocycles. The minimum absolute atomic E-state index is 0.235. The predicted octanol–water partition coefficient (Wildman–Crippen LogP) is 6.74. The molecule has 4 aliphatic carbocycles. The Balaban J connectivity index is 0.000000872. The lowest BCUT2D eigenvalue weighted by Gasteiger charge is -2.60. The minimum atomic E-state index is -0.235. The summed E-state index contributed by atoms with van der Waals surface area (Å²) < 4.78 is 12.7. The highest BCUT2D eigenvalue weighted by molar-refractivity contribution is 5.24. The van der Waals surface area contributed by atoms with Gasteiger partial charge in [0.15, 0.2) is 5.79 Å². The Bertz CT molecular complexity index is 575. The number of hydrogen-bond acceptors (Lipinski definition) is 2. The van der Waals surface area contributed by atoms with Crippen LogP contribution in [-0.2, 0) is 9.47 Å². The van der Waals surface area contributed by atoms with Crippen LogP contribution in [0.4, 0.5) is 0 Å². The summed E-state index contributed by atoms with van der Waals surface area (Å²) >= 11 is 0. The molecule has 2 heteroatoms. The van der Waals surface area contributed by atoms with E-state index in [0.717, 1.165) is 37.4 Å². The van der Waals surface area contributed by atoms with E-state index in [9.17, 15) is 0 Å². The van der Waals surface area contributed by atoms with Crippen LogP contribution in [0.5, 0.6) is 0 Å². The molecule has 1 aliphatic heterocycles.